The van der Waals surface area contributed by atoms with Gasteiger partial charge in [-0.3, -0.25) is 4.98 Å². The fourth-order valence-electron chi connectivity index (χ4n) is 2.43. The van der Waals surface area contributed by atoms with E-state index in [1.165, 1.54) is 27.2 Å². The molecule has 3 heteroatoms. The first-order valence-corrected chi connectivity index (χ1v) is 6.81. The van der Waals surface area contributed by atoms with E-state index in [0.29, 0.717) is 6.04 Å². The zero-order chi connectivity index (χ0) is 13.2. The summed E-state index contributed by atoms with van der Waals surface area (Å²) < 4.78 is 0. The van der Waals surface area contributed by atoms with Crippen molar-refractivity contribution < 1.29 is 0 Å². The molecule has 97 valence electrons. The smallest absolute Gasteiger partial charge is 0.0429 e. The molecule has 0 aliphatic heterocycles. The Bertz CT molecular complexity index is 724. The number of rotatable bonds is 3. The summed E-state index contributed by atoms with van der Waals surface area (Å²) in [5.74, 6) is 0. The van der Waals surface area contributed by atoms with E-state index in [1.54, 1.807) is 0 Å². The normalized spacial score (nSPS) is 12.1. The van der Waals surface area contributed by atoms with E-state index in [1.807, 2.05) is 12.4 Å². The summed E-state index contributed by atoms with van der Waals surface area (Å²) in [6.45, 7) is 4.41. The zero-order valence-corrected chi connectivity index (χ0v) is 14.4. The molecule has 1 heterocycles. The fourth-order valence-corrected chi connectivity index (χ4v) is 2.43. The molecule has 1 N–H and O–H groups in total. The first kappa shape index (κ1) is 15.3. The van der Waals surface area contributed by atoms with Gasteiger partial charge in [0.2, 0.25) is 0 Å². The molecule has 1 atom stereocenters. The van der Waals surface area contributed by atoms with Crippen molar-refractivity contribution in [3.8, 4) is 0 Å². The number of nitrogens with zero attached hydrogens (tertiary/aromatic N) is 1. The molecule has 0 fully saturated rings. The molecule has 0 saturated heterocycles. The third-order valence-electron chi connectivity index (χ3n) is 3.68. The molecule has 0 aliphatic carbocycles. The summed E-state index contributed by atoms with van der Waals surface area (Å²) >= 11 is 0. The molecule has 0 aliphatic rings. The molecule has 0 bridgehead atoms. The third kappa shape index (κ3) is 2.83. The minimum atomic E-state index is 0. The average molecular weight is 273 g/mol. The van der Waals surface area contributed by atoms with Gasteiger partial charge in [0.05, 0.1) is 0 Å². The van der Waals surface area contributed by atoms with Crippen LogP contribution in [0.1, 0.15) is 20.3 Å². The van der Waals surface area contributed by atoms with Gasteiger partial charge in [0, 0.05) is 64.5 Å². The number of anilines is 1. The van der Waals surface area contributed by atoms with Crippen LogP contribution in [0.5, 0.6) is 0 Å². The number of benzene rings is 2. The SMILES string of the molecule is CCC(C)Nc1cc2ccccc2c2cnccc12.[Na]. The molecule has 0 saturated carbocycles. The molecule has 1 radical (unpaired) electrons. The molecule has 3 rings (SSSR count). The minimum Gasteiger partial charge on any atom is -0.382 e. The maximum Gasteiger partial charge on any atom is 0.0429 e. The van der Waals surface area contributed by atoms with Crippen molar-refractivity contribution in [1.29, 1.82) is 0 Å². The van der Waals surface area contributed by atoms with Gasteiger partial charge in [-0.15, -0.1) is 0 Å². The topological polar surface area (TPSA) is 24.9 Å². The summed E-state index contributed by atoms with van der Waals surface area (Å²) in [4.78, 5) is 4.28. The number of pyridine rings is 1. The standard InChI is InChI=1S/C17H18N2.Na/c1-3-12(2)19-17-10-13-6-4-5-7-14(13)16-11-18-9-8-15(16)17;/h4-12,19H,3H2,1-2H3;. The number of hydrogen-bond donors (Lipinski definition) is 1. The fraction of sp³-hybridized carbons (Fsp3) is 0.235. The maximum absolute atomic E-state index is 4.28. The summed E-state index contributed by atoms with van der Waals surface area (Å²) in [5.41, 5.74) is 1.20. The van der Waals surface area contributed by atoms with Gasteiger partial charge in [0.15, 0.2) is 0 Å². The molecule has 1 aromatic heterocycles. The van der Waals surface area contributed by atoms with Crippen LogP contribution in [0, 0.1) is 0 Å². The van der Waals surface area contributed by atoms with E-state index in [0.717, 1.165) is 6.42 Å². The van der Waals surface area contributed by atoms with Crippen molar-refractivity contribution in [2.24, 2.45) is 0 Å². The number of fused-ring (bicyclic) bond motifs is 3. The Morgan fingerprint density at radius 1 is 1.10 bits per heavy atom. The van der Waals surface area contributed by atoms with Gasteiger partial charge in [-0.1, -0.05) is 31.2 Å². The van der Waals surface area contributed by atoms with Crippen LogP contribution in [0.25, 0.3) is 21.5 Å². The van der Waals surface area contributed by atoms with Crippen molar-refractivity contribution in [3.63, 3.8) is 0 Å². The van der Waals surface area contributed by atoms with Crippen molar-refractivity contribution in [3.05, 3.63) is 48.8 Å². The summed E-state index contributed by atoms with van der Waals surface area (Å²) in [6, 6.07) is 13.3. The van der Waals surface area contributed by atoms with Gasteiger partial charge in [0.1, 0.15) is 0 Å². The Morgan fingerprint density at radius 2 is 1.90 bits per heavy atom. The molecule has 2 nitrogen and oxygen atoms in total. The first-order chi connectivity index (χ1) is 9.29. The first-order valence-electron chi connectivity index (χ1n) is 6.81. The molecule has 1 unspecified atom stereocenters. The molecule has 0 amide bonds. The van der Waals surface area contributed by atoms with Crippen LogP contribution in [0.4, 0.5) is 5.69 Å². The third-order valence-corrected chi connectivity index (χ3v) is 3.68. The quantitative estimate of drug-likeness (QED) is 0.571. The van der Waals surface area contributed by atoms with E-state index in [2.05, 4.69) is 60.5 Å². The van der Waals surface area contributed by atoms with Gasteiger partial charge in [-0.2, -0.15) is 0 Å². The zero-order valence-electron chi connectivity index (χ0n) is 12.4. The van der Waals surface area contributed by atoms with Gasteiger partial charge in [-0.25, -0.2) is 0 Å². The Morgan fingerprint density at radius 3 is 2.70 bits per heavy atom. The van der Waals surface area contributed by atoms with Crippen molar-refractivity contribution >= 4 is 56.8 Å². The molecular formula is C17H18N2Na. The summed E-state index contributed by atoms with van der Waals surface area (Å²) in [5, 5.41) is 8.58. The molecule has 3 aromatic rings. The van der Waals surface area contributed by atoms with Crippen LogP contribution in [0.3, 0.4) is 0 Å². The molecule has 0 spiro atoms. The van der Waals surface area contributed by atoms with E-state index in [4.69, 9.17) is 0 Å². The van der Waals surface area contributed by atoms with Crippen molar-refractivity contribution in [2.45, 2.75) is 26.3 Å². The molecular weight excluding hydrogens is 255 g/mol. The molecule has 20 heavy (non-hydrogen) atoms. The second-order valence-corrected chi connectivity index (χ2v) is 5.02. The van der Waals surface area contributed by atoms with E-state index >= 15 is 0 Å². The Hall–Kier alpha value is -1.09. The second-order valence-electron chi connectivity index (χ2n) is 5.02. The van der Waals surface area contributed by atoms with Crippen LogP contribution in [0.2, 0.25) is 0 Å². The summed E-state index contributed by atoms with van der Waals surface area (Å²) in [7, 11) is 0. The van der Waals surface area contributed by atoms with Crippen LogP contribution in [-0.2, 0) is 0 Å². The van der Waals surface area contributed by atoms with Gasteiger partial charge < -0.3 is 5.32 Å². The molecule has 2 aromatic carbocycles. The summed E-state index contributed by atoms with van der Waals surface area (Å²) in [6.07, 6.45) is 4.93. The van der Waals surface area contributed by atoms with Crippen molar-refractivity contribution in [1.82, 2.24) is 4.98 Å². The Labute approximate surface area is 141 Å². The maximum atomic E-state index is 4.28. The van der Waals surface area contributed by atoms with Crippen LogP contribution in [-0.4, -0.2) is 40.6 Å². The number of nitrogens with one attached hydrogen (secondary N) is 1. The Kier molecular flexibility index (Phi) is 5.03. The van der Waals surface area contributed by atoms with Gasteiger partial charge in [-0.05, 0) is 36.2 Å². The monoisotopic (exact) mass is 273 g/mol. The van der Waals surface area contributed by atoms with Crippen molar-refractivity contribution in [2.75, 3.05) is 5.32 Å². The second kappa shape index (κ2) is 6.57. The number of hydrogen-bond acceptors (Lipinski definition) is 2. The van der Waals surface area contributed by atoms with Crippen LogP contribution in [0.15, 0.2) is 48.8 Å². The number of aromatic nitrogens is 1. The van der Waals surface area contributed by atoms with Gasteiger partial charge >= 0.3 is 0 Å². The van der Waals surface area contributed by atoms with E-state index in [-0.39, 0.29) is 29.6 Å². The van der Waals surface area contributed by atoms with Crippen LogP contribution < -0.4 is 5.32 Å². The predicted molar refractivity (Wildman–Crippen MR) is 88.4 cm³/mol. The Balaban J connectivity index is 0.00000147. The van der Waals surface area contributed by atoms with E-state index < -0.39 is 0 Å². The van der Waals surface area contributed by atoms with Crippen LogP contribution >= 0.6 is 0 Å². The largest absolute Gasteiger partial charge is 0.382 e. The van der Waals surface area contributed by atoms with E-state index in [9.17, 15) is 0 Å². The average Bonchev–Trinajstić information content (AvgIpc) is 2.47. The predicted octanol–water partition coefficient (Wildman–Crippen LogP) is 4.22. The minimum absolute atomic E-state index is 0. The van der Waals surface area contributed by atoms with Gasteiger partial charge in [0.25, 0.3) is 0 Å².